The van der Waals surface area contributed by atoms with Crippen LogP contribution in [0.5, 0.6) is 11.5 Å². The molecule has 0 aliphatic rings. The summed E-state index contributed by atoms with van der Waals surface area (Å²) in [7, 11) is 1.44. The molecule has 1 N–H and O–H groups in total. The zero-order valence-electron chi connectivity index (χ0n) is 17.4. The highest BCUT2D eigenvalue weighted by Crippen LogP contribution is 2.33. The van der Waals surface area contributed by atoms with Gasteiger partial charge in [0.25, 0.3) is 0 Å². The number of carboxylic acid groups (broad SMARTS) is 1. The van der Waals surface area contributed by atoms with Gasteiger partial charge in [0.1, 0.15) is 6.61 Å². The van der Waals surface area contributed by atoms with Crippen molar-refractivity contribution >= 4 is 17.6 Å². The van der Waals surface area contributed by atoms with Crippen molar-refractivity contribution in [3.8, 4) is 17.6 Å². The molecule has 0 spiro atoms. The molecule has 168 valence electrons. The number of carbonyl (C=O) groups is 1. The Morgan fingerprint density at radius 1 is 1.03 bits per heavy atom. The summed E-state index contributed by atoms with van der Waals surface area (Å²) < 4.78 is 50.1. The van der Waals surface area contributed by atoms with Crippen molar-refractivity contribution in [1.29, 1.82) is 5.26 Å². The molecular formula is C25H18F3NO4. The fourth-order valence-electron chi connectivity index (χ4n) is 3.01. The van der Waals surface area contributed by atoms with Crippen molar-refractivity contribution in [2.45, 2.75) is 12.8 Å². The Bertz CT molecular complexity index is 1230. The van der Waals surface area contributed by atoms with Gasteiger partial charge < -0.3 is 14.6 Å². The Balaban J connectivity index is 1.81. The van der Waals surface area contributed by atoms with Crippen molar-refractivity contribution in [2.75, 3.05) is 7.11 Å². The van der Waals surface area contributed by atoms with E-state index in [-0.39, 0.29) is 23.3 Å². The number of rotatable bonds is 7. The molecule has 0 aromatic heterocycles. The molecule has 0 amide bonds. The number of carboxylic acids is 1. The van der Waals surface area contributed by atoms with Crippen LogP contribution in [0.25, 0.3) is 11.6 Å². The number of hydrogen-bond acceptors (Lipinski definition) is 4. The summed E-state index contributed by atoms with van der Waals surface area (Å²) in [6.07, 6.45) is -3.04. The number of aromatic carboxylic acids is 1. The molecule has 0 aliphatic carbocycles. The van der Waals surface area contributed by atoms with Crippen LogP contribution in [0, 0.1) is 11.3 Å². The average Bonchev–Trinajstić information content (AvgIpc) is 2.81. The molecular weight excluding hydrogens is 435 g/mol. The topological polar surface area (TPSA) is 79.5 Å². The van der Waals surface area contributed by atoms with Gasteiger partial charge in [-0.15, -0.1) is 0 Å². The van der Waals surface area contributed by atoms with E-state index in [0.717, 1.165) is 17.7 Å². The van der Waals surface area contributed by atoms with Crippen LogP contribution in [0.2, 0.25) is 0 Å². The minimum atomic E-state index is -4.51. The molecule has 0 bridgehead atoms. The van der Waals surface area contributed by atoms with E-state index in [9.17, 15) is 23.2 Å². The Labute approximate surface area is 187 Å². The lowest BCUT2D eigenvalue weighted by molar-refractivity contribution is -0.137. The molecule has 0 aliphatic heterocycles. The van der Waals surface area contributed by atoms with Crippen LogP contribution in [-0.4, -0.2) is 18.2 Å². The van der Waals surface area contributed by atoms with Crippen molar-refractivity contribution in [2.24, 2.45) is 0 Å². The highest BCUT2D eigenvalue weighted by molar-refractivity contribution is 5.90. The zero-order chi connectivity index (χ0) is 24.0. The summed E-state index contributed by atoms with van der Waals surface area (Å²) in [5, 5.41) is 18.4. The summed E-state index contributed by atoms with van der Waals surface area (Å²) in [4.78, 5) is 10.9. The number of benzene rings is 3. The molecule has 3 aromatic carbocycles. The van der Waals surface area contributed by atoms with Crippen LogP contribution in [-0.2, 0) is 12.8 Å². The van der Waals surface area contributed by atoms with Crippen molar-refractivity contribution < 1.29 is 32.5 Å². The van der Waals surface area contributed by atoms with Crippen molar-refractivity contribution in [1.82, 2.24) is 0 Å². The Kier molecular flexibility index (Phi) is 7.04. The fourth-order valence-corrected chi connectivity index (χ4v) is 3.01. The third-order valence-corrected chi connectivity index (χ3v) is 4.72. The number of hydrogen-bond donors (Lipinski definition) is 1. The molecule has 8 heteroatoms. The van der Waals surface area contributed by atoms with Gasteiger partial charge in [0, 0.05) is 0 Å². The summed E-state index contributed by atoms with van der Waals surface area (Å²) in [6.45, 7) is 0.166. The van der Waals surface area contributed by atoms with Crippen LogP contribution in [0.1, 0.15) is 32.6 Å². The summed E-state index contributed by atoms with van der Waals surface area (Å²) >= 11 is 0. The van der Waals surface area contributed by atoms with Gasteiger partial charge in [0.2, 0.25) is 0 Å². The smallest absolute Gasteiger partial charge is 0.416 e. The molecule has 3 rings (SSSR count). The van der Waals surface area contributed by atoms with Crippen LogP contribution < -0.4 is 9.47 Å². The minimum absolute atomic E-state index is 0.0651. The highest BCUT2D eigenvalue weighted by atomic mass is 19.4. The summed E-state index contributed by atoms with van der Waals surface area (Å²) in [5.41, 5.74) is 0.841. The Morgan fingerprint density at radius 3 is 2.36 bits per heavy atom. The van der Waals surface area contributed by atoms with E-state index in [4.69, 9.17) is 14.6 Å². The van der Waals surface area contributed by atoms with Crippen molar-refractivity contribution in [3.63, 3.8) is 0 Å². The van der Waals surface area contributed by atoms with E-state index >= 15 is 0 Å². The van der Waals surface area contributed by atoms with E-state index in [0.29, 0.717) is 17.1 Å². The number of nitriles is 1. The standard InChI is InChI=1S/C25H18F3NO4/c1-32-23-12-17(11-20(14-29)19-3-2-4-21(13-19)25(26,27)28)7-10-22(23)33-15-16-5-8-18(9-6-16)24(30)31/h2-13H,15H2,1H3,(H,30,31)/b20-11+. The number of alkyl halides is 3. The molecule has 0 atom stereocenters. The SMILES string of the molecule is COc1cc(/C=C(\C#N)c2cccc(C(F)(F)F)c2)ccc1OCc1ccc(C(=O)O)cc1. The quantitative estimate of drug-likeness (QED) is 0.348. The van der Waals surface area contributed by atoms with E-state index in [2.05, 4.69) is 0 Å². The Morgan fingerprint density at radius 2 is 1.76 bits per heavy atom. The van der Waals surface area contributed by atoms with Crippen LogP contribution in [0.15, 0.2) is 66.7 Å². The van der Waals surface area contributed by atoms with Crippen LogP contribution in [0.3, 0.4) is 0 Å². The molecule has 3 aromatic rings. The maximum absolute atomic E-state index is 13.0. The first-order chi connectivity index (χ1) is 15.7. The number of nitrogens with zero attached hydrogens (tertiary/aromatic N) is 1. The van der Waals surface area contributed by atoms with Gasteiger partial charge in [-0.3, -0.25) is 0 Å². The fraction of sp³-hybridized carbons (Fsp3) is 0.120. The largest absolute Gasteiger partial charge is 0.493 e. The maximum atomic E-state index is 13.0. The summed E-state index contributed by atoms with van der Waals surface area (Å²) in [6, 6.07) is 17.6. The zero-order valence-corrected chi connectivity index (χ0v) is 17.4. The molecule has 0 saturated heterocycles. The van der Waals surface area contributed by atoms with Crippen LogP contribution >= 0.6 is 0 Å². The predicted octanol–water partition coefficient (Wildman–Crippen LogP) is 6.06. The first kappa shape index (κ1) is 23.4. The van der Waals surface area contributed by atoms with E-state index in [1.165, 1.54) is 37.5 Å². The maximum Gasteiger partial charge on any atom is 0.416 e. The third-order valence-electron chi connectivity index (χ3n) is 4.72. The number of methoxy groups -OCH3 is 1. The van der Waals surface area contributed by atoms with E-state index in [1.54, 1.807) is 30.3 Å². The Hall–Kier alpha value is -4.25. The third kappa shape index (κ3) is 5.92. The van der Waals surface area contributed by atoms with Gasteiger partial charge in [-0.1, -0.05) is 30.3 Å². The minimum Gasteiger partial charge on any atom is -0.493 e. The number of allylic oxidation sites excluding steroid dienone is 1. The first-order valence-corrected chi connectivity index (χ1v) is 9.64. The van der Waals surface area contributed by atoms with Gasteiger partial charge >= 0.3 is 12.1 Å². The molecule has 0 fully saturated rings. The lowest BCUT2D eigenvalue weighted by Gasteiger charge is -2.12. The number of ether oxygens (including phenoxy) is 2. The van der Waals surface area contributed by atoms with Crippen molar-refractivity contribution in [3.05, 3.63) is 94.5 Å². The normalized spacial score (nSPS) is 11.5. The second-order valence-corrected chi connectivity index (χ2v) is 6.95. The van der Waals surface area contributed by atoms with E-state index in [1.807, 2.05) is 6.07 Å². The van der Waals surface area contributed by atoms with Gasteiger partial charge in [0.15, 0.2) is 11.5 Å². The average molecular weight is 453 g/mol. The van der Waals surface area contributed by atoms with Crippen LogP contribution in [0.4, 0.5) is 13.2 Å². The first-order valence-electron chi connectivity index (χ1n) is 9.64. The molecule has 33 heavy (non-hydrogen) atoms. The lowest BCUT2D eigenvalue weighted by Crippen LogP contribution is -2.04. The second kappa shape index (κ2) is 9.92. The highest BCUT2D eigenvalue weighted by Gasteiger charge is 2.30. The predicted molar refractivity (Wildman–Crippen MR) is 116 cm³/mol. The molecule has 0 heterocycles. The van der Waals surface area contributed by atoms with Gasteiger partial charge in [-0.2, -0.15) is 18.4 Å². The monoisotopic (exact) mass is 453 g/mol. The van der Waals surface area contributed by atoms with E-state index < -0.39 is 17.7 Å². The molecule has 0 unspecified atom stereocenters. The molecule has 0 saturated carbocycles. The van der Waals surface area contributed by atoms with Gasteiger partial charge in [0.05, 0.1) is 29.9 Å². The molecule has 5 nitrogen and oxygen atoms in total. The summed E-state index contributed by atoms with van der Waals surface area (Å²) in [5.74, 6) is -0.239. The lowest BCUT2D eigenvalue weighted by atomic mass is 10.0. The van der Waals surface area contributed by atoms with Gasteiger partial charge in [-0.25, -0.2) is 4.79 Å². The van der Waals surface area contributed by atoms with Gasteiger partial charge in [-0.05, 0) is 59.2 Å². The second-order valence-electron chi connectivity index (χ2n) is 6.95. The number of halogens is 3. The molecule has 0 radical (unpaired) electrons.